The van der Waals surface area contributed by atoms with E-state index in [9.17, 15) is 10.1 Å². The minimum Gasteiger partial charge on any atom is -0.334 e. The van der Waals surface area contributed by atoms with Crippen molar-refractivity contribution in [3.8, 4) is 6.07 Å². The molecule has 2 rings (SSSR count). The van der Waals surface area contributed by atoms with Crippen LogP contribution in [0.25, 0.3) is 0 Å². The summed E-state index contributed by atoms with van der Waals surface area (Å²) in [4.78, 5) is 16.0. The number of rotatable bonds is 2. The summed E-state index contributed by atoms with van der Waals surface area (Å²) in [6.07, 6.45) is 4.34. The van der Waals surface area contributed by atoms with Crippen molar-refractivity contribution >= 4 is 29.1 Å². The van der Waals surface area contributed by atoms with Crippen LogP contribution in [0, 0.1) is 11.3 Å². The van der Waals surface area contributed by atoms with Crippen molar-refractivity contribution in [2.45, 2.75) is 37.6 Å². The van der Waals surface area contributed by atoms with Crippen LogP contribution in [-0.4, -0.2) is 16.4 Å². The van der Waals surface area contributed by atoms with Gasteiger partial charge in [0.1, 0.15) is 15.8 Å². The molecule has 0 aromatic carbocycles. The first-order valence-corrected chi connectivity index (χ1v) is 6.88. The largest absolute Gasteiger partial charge is 0.334 e. The number of carbonyl (C=O) groups is 1. The number of carbonyl (C=O) groups excluding carboxylic acids is 1. The van der Waals surface area contributed by atoms with Gasteiger partial charge in [-0.3, -0.25) is 4.79 Å². The van der Waals surface area contributed by atoms with Gasteiger partial charge in [-0.05, 0) is 25.0 Å². The fraction of sp³-hybridized carbons (Fsp3) is 0.462. The molecule has 0 spiro atoms. The Labute approximate surface area is 121 Å². The van der Waals surface area contributed by atoms with E-state index in [0.717, 1.165) is 19.3 Å². The topological polar surface area (TPSA) is 65.8 Å². The molecule has 0 aliphatic heterocycles. The van der Waals surface area contributed by atoms with E-state index in [4.69, 9.17) is 23.2 Å². The van der Waals surface area contributed by atoms with Crippen LogP contribution < -0.4 is 5.32 Å². The summed E-state index contributed by atoms with van der Waals surface area (Å²) >= 11 is 11.6. The van der Waals surface area contributed by atoms with E-state index in [1.165, 1.54) is 12.1 Å². The van der Waals surface area contributed by atoms with Crippen molar-refractivity contribution in [3.63, 3.8) is 0 Å². The third kappa shape index (κ3) is 3.17. The molecule has 0 unspecified atom stereocenters. The van der Waals surface area contributed by atoms with Gasteiger partial charge in [0, 0.05) is 0 Å². The summed E-state index contributed by atoms with van der Waals surface area (Å²) in [5, 5.41) is 12.4. The van der Waals surface area contributed by atoms with Gasteiger partial charge >= 0.3 is 0 Å². The Morgan fingerprint density at radius 2 is 2.00 bits per heavy atom. The lowest BCUT2D eigenvalue weighted by Crippen LogP contribution is -2.48. The molecule has 1 amide bonds. The average molecular weight is 298 g/mol. The van der Waals surface area contributed by atoms with Gasteiger partial charge < -0.3 is 5.32 Å². The zero-order valence-corrected chi connectivity index (χ0v) is 11.8. The highest BCUT2D eigenvalue weighted by Gasteiger charge is 2.34. The molecule has 19 heavy (non-hydrogen) atoms. The summed E-state index contributed by atoms with van der Waals surface area (Å²) in [7, 11) is 0. The second kappa shape index (κ2) is 5.77. The zero-order chi connectivity index (χ0) is 13.9. The third-order valence-electron chi connectivity index (χ3n) is 3.33. The predicted molar refractivity (Wildman–Crippen MR) is 73.2 cm³/mol. The van der Waals surface area contributed by atoms with Gasteiger partial charge in [0.25, 0.3) is 5.91 Å². The van der Waals surface area contributed by atoms with Crippen LogP contribution in [0.3, 0.4) is 0 Å². The molecule has 1 aromatic heterocycles. The first-order chi connectivity index (χ1) is 9.06. The lowest BCUT2D eigenvalue weighted by atomic mass is 9.82. The predicted octanol–water partition coefficient (Wildman–Crippen LogP) is 3.34. The number of pyridine rings is 1. The summed E-state index contributed by atoms with van der Waals surface area (Å²) in [5.41, 5.74) is -0.538. The summed E-state index contributed by atoms with van der Waals surface area (Å²) < 4.78 is 0. The Kier molecular flexibility index (Phi) is 4.28. The number of nitrogens with zero attached hydrogens (tertiary/aromatic N) is 2. The van der Waals surface area contributed by atoms with Gasteiger partial charge in [0.15, 0.2) is 0 Å². The molecule has 0 atom stereocenters. The highest BCUT2D eigenvalue weighted by atomic mass is 35.5. The number of nitrogens with one attached hydrogen (secondary N) is 1. The number of nitriles is 1. The number of hydrogen-bond acceptors (Lipinski definition) is 3. The maximum atomic E-state index is 12.2. The monoisotopic (exact) mass is 297 g/mol. The summed E-state index contributed by atoms with van der Waals surface area (Å²) in [6, 6.07) is 5.24. The van der Waals surface area contributed by atoms with Gasteiger partial charge in [-0.15, -0.1) is 0 Å². The Hall–Kier alpha value is -1.31. The Morgan fingerprint density at radius 1 is 1.32 bits per heavy atom. The molecular formula is C13H13Cl2N3O. The molecule has 1 saturated carbocycles. The molecule has 1 N–H and O–H groups in total. The summed E-state index contributed by atoms with van der Waals surface area (Å²) in [6.45, 7) is 0. The zero-order valence-electron chi connectivity index (χ0n) is 10.2. The van der Waals surface area contributed by atoms with E-state index < -0.39 is 5.54 Å². The Bertz CT molecular complexity index is 533. The SMILES string of the molecule is N#CC1(NC(=O)c2ccc(Cl)nc2Cl)CCCCC1. The van der Waals surface area contributed by atoms with E-state index >= 15 is 0 Å². The van der Waals surface area contributed by atoms with E-state index in [1.807, 2.05) is 0 Å². The second-order valence-electron chi connectivity index (χ2n) is 4.68. The first kappa shape index (κ1) is 14.1. The fourth-order valence-corrected chi connectivity index (χ4v) is 2.72. The number of amides is 1. The average Bonchev–Trinajstić information content (AvgIpc) is 2.39. The second-order valence-corrected chi connectivity index (χ2v) is 5.43. The normalized spacial score (nSPS) is 17.5. The quantitative estimate of drug-likeness (QED) is 0.851. The van der Waals surface area contributed by atoms with Crippen molar-refractivity contribution in [3.05, 3.63) is 28.0 Å². The van der Waals surface area contributed by atoms with Crippen LogP contribution in [0.5, 0.6) is 0 Å². The molecule has 100 valence electrons. The van der Waals surface area contributed by atoms with Gasteiger partial charge in [0.05, 0.1) is 11.6 Å². The highest BCUT2D eigenvalue weighted by Crippen LogP contribution is 2.28. The number of hydrogen-bond donors (Lipinski definition) is 1. The van der Waals surface area contributed by atoms with Gasteiger partial charge in [0.2, 0.25) is 0 Å². The highest BCUT2D eigenvalue weighted by molar-refractivity contribution is 6.34. The number of halogens is 2. The van der Waals surface area contributed by atoms with Crippen molar-refractivity contribution in [2.24, 2.45) is 0 Å². The molecule has 4 nitrogen and oxygen atoms in total. The molecule has 6 heteroatoms. The third-order valence-corrected chi connectivity index (χ3v) is 3.83. The maximum Gasteiger partial charge on any atom is 0.255 e. The standard InChI is InChI=1S/C13H13Cl2N3O/c14-10-5-4-9(11(15)17-10)12(19)18-13(8-16)6-2-1-3-7-13/h4-5H,1-3,6-7H2,(H,18,19). The van der Waals surface area contributed by atoms with Gasteiger partial charge in [-0.1, -0.05) is 42.5 Å². The molecule has 1 aliphatic carbocycles. The van der Waals surface area contributed by atoms with Crippen molar-refractivity contribution < 1.29 is 4.79 Å². The molecule has 0 radical (unpaired) electrons. The van der Waals surface area contributed by atoms with Crippen LogP contribution in [0.1, 0.15) is 42.5 Å². The van der Waals surface area contributed by atoms with Crippen LogP contribution in [0.2, 0.25) is 10.3 Å². The smallest absolute Gasteiger partial charge is 0.255 e. The van der Waals surface area contributed by atoms with Gasteiger partial charge in [-0.2, -0.15) is 5.26 Å². The van der Waals surface area contributed by atoms with Crippen LogP contribution >= 0.6 is 23.2 Å². The molecule has 1 aromatic rings. The lowest BCUT2D eigenvalue weighted by molar-refractivity contribution is 0.0902. The summed E-state index contributed by atoms with van der Waals surface area (Å²) in [5.74, 6) is -0.377. The molecule has 1 heterocycles. The fourth-order valence-electron chi connectivity index (χ4n) is 2.29. The van der Waals surface area contributed by atoms with Crippen molar-refractivity contribution in [1.29, 1.82) is 5.26 Å². The van der Waals surface area contributed by atoms with E-state index in [1.54, 1.807) is 0 Å². The Morgan fingerprint density at radius 3 is 2.58 bits per heavy atom. The van der Waals surface area contributed by atoms with Crippen molar-refractivity contribution in [2.75, 3.05) is 0 Å². The van der Waals surface area contributed by atoms with Crippen LogP contribution in [0.15, 0.2) is 12.1 Å². The first-order valence-electron chi connectivity index (χ1n) is 6.12. The van der Waals surface area contributed by atoms with E-state index in [0.29, 0.717) is 12.8 Å². The molecular weight excluding hydrogens is 285 g/mol. The molecule has 0 bridgehead atoms. The maximum absolute atomic E-state index is 12.2. The van der Waals surface area contributed by atoms with E-state index in [-0.39, 0.29) is 21.8 Å². The Balaban J connectivity index is 2.18. The van der Waals surface area contributed by atoms with E-state index in [2.05, 4.69) is 16.4 Å². The molecule has 1 aliphatic rings. The van der Waals surface area contributed by atoms with Crippen LogP contribution in [-0.2, 0) is 0 Å². The minimum absolute atomic E-state index is 0.0499. The number of aromatic nitrogens is 1. The molecule has 0 saturated heterocycles. The lowest BCUT2D eigenvalue weighted by Gasteiger charge is -2.31. The van der Waals surface area contributed by atoms with Crippen LogP contribution in [0.4, 0.5) is 0 Å². The van der Waals surface area contributed by atoms with Gasteiger partial charge in [-0.25, -0.2) is 4.98 Å². The van der Waals surface area contributed by atoms with Crippen molar-refractivity contribution in [1.82, 2.24) is 10.3 Å². The molecule has 1 fully saturated rings. The minimum atomic E-state index is -0.779.